The van der Waals surface area contributed by atoms with Gasteiger partial charge in [0, 0.05) is 12.8 Å². The normalized spacial score (nSPS) is 11.4. The molecule has 0 saturated heterocycles. The van der Waals surface area contributed by atoms with Crippen molar-refractivity contribution in [2.45, 2.75) is 33.1 Å². The van der Waals surface area contributed by atoms with E-state index in [2.05, 4.69) is 5.32 Å². The molecule has 0 aromatic carbocycles. The van der Waals surface area contributed by atoms with E-state index < -0.39 is 11.9 Å². The Morgan fingerprint density at radius 1 is 1.24 bits per heavy atom. The molecule has 1 amide bonds. The minimum atomic E-state index is -1.27. The largest absolute Gasteiger partial charge is 0.481 e. The molecule has 6 heteroatoms. The van der Waals surface area contributed by atoms with Gasteiger partial charge in [0.2, 0.25) is 5.91 Å². The van der Waals surface area contributed by atoms with Crippen LogP contribution in [0.15, 0.2) is 11.8 Å². The quantitative estimate of drug-likeness (QED) is 0.578. The summed E-state index contributed by atoms with van der Waals surface area (Å²) < 4.78 is 0. The molecule has 0 rings (SSSR count). The summed E-state index contributed by atoms with van der Waals surface area (Å²) in [5.74, 6) is -2.54. The van der Waals surface area contributed by atoms with E-state index in [1.165, 1.54) is 6.08 Å². The Kier molecular flexibility index (Phi) is 6.62. The van der Waals surface area contributed by atoms with Crippen LogP contribution in [0, 0.1) is 5.92 Å². The number of carbonyl (C=O) groups excluding carboxylic acids is 1. The summed E-state index contributed by atoms with van der Waals surface area (Å²) >= 11 is 0. The molecular weight excluding hydrogens is 226 g/mol. The first kappa shape index (κ1) is 15.2. The van der Waals surface area contributed by atoms with E-state index >= 15 is 0 Å². The molecule has 0 aliphatic rings. The average Bonchev–Trinajstić information content (AvgIpc) is 2.13. The van der Waals surface area contributed by atoms with E-state index in [0.717, 1.165) is 0 Å². The lowest BCUT2D eigenvalue weighted by Gasteiger charge is -2.07. The molecule has 0 fully saturated rings. The molecule has 0 aliphatic carbocycles. The number of hydrogen-bond donors (Lipinski definition) is 3. The predicted molar refractivity (Wildman–Crippen MR) is 60.2 cm³/mol. The Morgan fingerprint density at radius 3 is 2.24 bits per heavy atom. The maximum atomic E-state index is 11.3. The minimum Gasteiger partial charge on any atom is -0.481 e. The SMILES string of the molecule is CC(C)CC(=O)NC(=CCCC(=O)O)C(=O)O. The number of rotatable bonds is 7. The van der Waals surface area contributed by atoms with Crippen molar-refractivity contribution in [1.29, 1.82) is 0 Å². The van der Waals surface area contributed by atoms with Crippen molar-refractivity contribution >= 4 is 17.8 Å². The highest BCUT2D eigenvalue weighted by Gasteiger charge is 2.12. The van der Waals surface area contributed by atoms with Crippen molar-refractivity contribution in [3.05, 3.63) is 11.8 Å². The maximum Gasteiger partial charge on any atom is 0.352 e. The van der Waals surface area contributed by atoms with E-state index in [1.807, 2.05) is 13.8 Å². The molecule has 0 aromatic rings. The van der Waals surface area contributed by atoms with E-state index in [1.54, 1.807) is 0 Å². The fourth-order valence-corrected chi connectivity index (χ4v) is 1.10. The van der Waals surface area contributed by atoms with Crippen LogP contribution in [0.25, 0.3) is 0 Å². The van der Waals surface area contributed by atoms with Crippen molar-refractivity contribution in [2.24, 2.45) is 5.92 Å². The summed E-state index contributed by atoms with van der Waals surface area (Å²) in [6, 6.07) is 0. The van der Waals surface area contributed by atoms with Gasteiger partial charge in [-0.05, 0) is 12.3 Å². The molecular formula is C11H17NO5. The Labute approximate surface area is 99.3 Å². The molecule has 0 radical (unpaired) electrons. The van der Waals surface area contributed by atoms with Gasteiger partial charge in [-0.1, -0.05) is 19.9 Å². The van der Waals surface area contributed by atoms with Crippen LogP contribution in [0.5, 0.6) is 0 Å². The second kappa shape index (κ2) is 7.43. The van der Waals surface area contributed by atoms with Crippen molar-refractivity contribution in [3.8, 4) is 0 Å². The zero-order chi connectivity index (χ0) is 13.4. The van der Waals surface area contributed by atoms with Gasteiger partial charge in [-0.2, -0.15) is 0 Å². The molecule has 17 heavy (non-hydrogen) atoms. The van der Waals surface area contributed by atoms with Crippen LogP contribution in [0.1, 0.15) is 33.1 Å². The van der Waals surface area contributed by atoms with Crippen LogP contribution in [0.4, 0.5) is 0 Å². The number of carboxylic acid groups (broad SMARTS) is 2. The Bertz CT molecular complexity index is 333. The van der Waals surface area contributed by atoms with Crippen LogP contribution in [0.3, 0.4) is 0 Å². The first-order chi connectivity index (χ1) is 7.82. The third-order valence-corrected chi connectivity index (χ3v) is 1.80. The number of carboxylic acids is 2. The molecule has 0 spiro atoms. The number of nitrogens with one attached hydrogen (secondary N) is 1. The smallest absolute Gasteiger partial charge is 0.352 e. The minimum absolute atomic E-state index is 0.0684. The zero-order valence-electron chi connectivity index (χ0n) is 9.90. The van der Waals surface area contributed by atoms with E-state index in [4.69, 9.17) is 10.2 Å². The van der Waals surface area contributed by atoms with Gasteiger partial charge in [-0.3, -0.25) is 9.59 Å². The van der Waals surface area contributed by atoms with Crippen molar-refractivity contribution in [2.75, 3.05) is 0 Å². The van der Waals surface area contributed by atoms with Gasteiger partial charge in [0.25, 0.3) is 0 Å². The molecule has 0 saturated carbocycles. The van der Waals surface area contributed by atoms with Gasteiger partial charge in [-0.25, -0.2) is 4.79 Å². The molecule has 6 nitrogen and oxygen atoms in total. The molecule has 0 aliphatic heterocycles. The van der Waals surface area contributed by atoms with Crippen LogP contribution >= 0.6 is 0 Å². The van der Waals surface area contributed by atoms with Gasteiger partial charge in [0.15, 0.2) is 0 Å². The Balaban J connectivity index is 4.38. The molecule has 0 aromatic heterocycles. The van der Waals surface area contributed by atoms with Crippen LogP contribution in [0.2, 0.25) is 0 Å². The van der Waals surface area contributed by atoms with Crippen LogP contribution in [-0.4, -0.2) is 28.1 Å². The summed E-state index contributed by atoms with van der Waals surface area (Å²) in [5, 5.41) is 19.4. The fraction of sp³-hybridized carbons (Fsp3) is 0.545. The van der Waals surface area contributed by atoms with E-state index in [0.29, 0.717) is 0 Å². The topological polar surface area (TPSA) is 104 Å². The van der Waals surface area contributed by atoms with Gasteiger partial charge in [0.05, 0.1) is 0 Å². The monoisotopic (exact) mass is 243 g/mol. The first-order valence-electron chi connectivity index (χ1n) is 5.28. The highest BCUT2D eigenvalue weighted by atomic mass is 16.4. The standard InChI is InChI=1S/C11H17NO5/c1-7(2)6-9(13)12-8(11(16)17)4-3-5-10(14)15/h4,7H,3,5-6H2,1-2H3,(H,12,13)(H,14,15)(H,16,17). The lowest BCUT2D eigenvalue weighted by atomic mass is 10.1. The van der Waals surface area contributed by atoms with Crippen LogP contribution < -0.4 is 5.32 Å². The fourth-order valence-electron chi connectivity index (χ4n) is 1.10. The molecule has 0 atom stereocenters. The lowest BCUT2D eigenvalue weighted by Crippen LogP contribution is -2.28. The zero-order valence-corrected chi connectivity index (χ0v) is 9.90. The number of hydrogen-bond acceptors (Lipinski definition) is 3. The highest BCUT2D eigenvalue weighted by Crippen LogP contribution is 2.02. The van der Waals surface area contributed by atoms with Crippen molar-refractivity contribution in [3.63, 3.8) is 0 Å². The summed E-state index contributed by atoms with van der Waals surface area (Å²) in [6.07, 6.45) is 1.33. The van der Waals surface area contributed by atoms with Crippen molar-refractivity contribution < 1.29 is 24.6 Å². The summed E-state index contributed by atoms with van der Waals surface area (Å²) in [6.45, 7) is 3.68. The molecule has 0 bridgehead atoms. The number of carbonyl (C=O) groups is 3. The Morgan fingerprint density at radius 2 is 1.82 bits per heavy atom. The summed E-state index contributed by atoms with van der Waals surface area (Å²) in [7, 11) is 0. The third kappa shape index (κ3) is 8.01. The molecule has 0 heterocycles. The maximum absolute atomic E-state index is 11.3. The van der Waals surface area contributed by atoms with Crippen LogP contribution in [-0.2, 0) is 14.4 Å². The lowest BCUT2D eigenvalue weighted by molar-refractivity contribution is -0.137. The summed E-state index contributed by atoms with van der Waals surface area (Å²) in [4.78, 5) is 32.4. The molecule has 3 N–H and O–H groups in total. The Hall–Kier alpha value is -1.85. The number of amides is 1. The van der Waals surface area contributed by atoms with Gasteiger partial charge in [-0.15, -0.1) is 0 Å². The first-order valence-corrected chi connectivity index (χ1v) is 5.28. The predicted octanol–water partition coefficient (Wildman–Crippen LogP) is 0.982. The molecule has 0 unspecified atom stereocenters. The van der Waals surface area contributed by atoms with E-state index in [9.17, 15) is 14.4 Å². The van der Waals surface area contributed by atoms with Gasteiger partial charge >= 0.3 is 11.9 Å². The number of aliphatic carboxylic acids is 2. The number of allylic oxidation sites excluding steroid dienone is 1. The summed E-state index contributed by atoms with van der Waals surface area (Å²) in [5.41, 5.74) is -0.267. The second-order valence-corrected chi connectivity index (χ2v) is 4.00. The van der Waals surface area contributed by atoms with Crippen molar-refractivity contribution in [1.82, 2.24) is 5.32 Å². The van der Waals surface area contributed by atoms with Gasteiger partial charge in [0.1, 0.15) is 5.70 Å². The average molecular weight is 243 g/mol. The molecule has 96 valence electrons. The highest BCUT2D eigenvalue weighted by molar-refractivity contribution is 5.92. The van der Waals surface area contributed by atoms with E-state index in [-0.39, 0.29) is 36.8 Å². The third-order valence-electron chi connectivity index (χ3n) is 1.80. The second-order valence-electron chi connectivity index (χ2n) is 4.00. The van der Waals surface area contributed by atoms with Gasteiger partial charge < -0.3 is 15.5 Å².